The molecule has 0 unspecified atom stereocenters. The Kier molecular flexibility index (Phi) is 6.27. The molecule has 0 bridgehead atoms. The fourth-order valence-corrected chi connectivity index (χ4v) is 4.30. The Morgan fingerprint density at radius 1 is 1.07 bits per heavy atom. The minimum Gasteiger partial charge on any atom is -0.426 e. The van der Waals surface area contributed by atoms with Crippen molar-refractivity contribution < 1.29 is 35.9 Å². The van der Waals surface area contributed by atoms with Gasteiger partial charge < -0.3 is 9.64 Å². The van der Waals surface area contributed by atoms with Gasteiger partial charge in [0, 0.05) is 26.2 Å². The number of nitrogens with zero attached hydrogens (tertiary/aromatic N) is 2. The lowest BCUT2D eigenvalue weighted by molar-refractivity contribution is -0.308. The molecule has 10 heteroatoms. The maximum atomic E-state index is 12.6. The van der Waals surface area contributed by atoms with Gasteiger partial charge in [-0.3, -0.25) is 4.90 Å². The Labute approximate surface area is 170 Å². The van der Waals surface area contributed by atoms with E-state index in [1.165, 1.54) is 11.1 Å². The maximum Gasteiger partial charge on any atom is 0.434 e. The van der Waals surface area contributed by atoms with E-state index in [1.807, 2.05) is 25.1 Å². The lowest BCUT2D eigenvalue weighted by atomic mass is 9.78. The van der Waals surface area contributed by atoms with Crippen molar-refractivity contribution in [1.29, 1.82) is 0 Å². The molecule has 1 aromatic carbocycles. The fraction of sp³-hybridized carbons (Fsp3) is 0.650. The number of hydrogen-bond donors (Lipinski definition) is 0. The number of alkyl halides is 6. The van der Waals surface area contributed by atoms with Crippen molar-refractivity contribution in [3.8, 4) is 0 Å². The van der Waals surface area contributed by atoms with E-state index in [0.29, 0.717) is 12.8 Å². The van der Waals surface area contributed by atoms with E-state index in [0.717, 1.165) is 31.0 Å². The van der Waals surface area contributed by atoms with Gasteiger partial charge in [-0.25, -0.2) is 4.79 Å². The number of benzene rings is 1. The Hall–Kier alpha value is -1.97. The van der Waals surface area contributed by atoms with Crippen molar-refractivity contribution in [3.63, 3.8) is 0 Å². The van der Waals surface area contributed by atoms with E-state index in [1.54, 1.807) is 0 Å². The number of piperidine rings is 1. The quantitative estimate of drug-likeness (QED) is 0.629. The molecule has 3 rings (SSSR count). The molecule has 0 radical (unpaired) electrons. The average molecular weight is 438 g/mol. The van der Waals surface area contributed by atoms with Crippen LogP contribution in [0, 0.1) is 12.3 Å². The van der Waals surface area contributed by atoms with Gasteiger partial charge in [0.1, 0.15) is 0 Å². The first-order chi connectivity index (χ1) is 13.9. The first-order valence-corrected chi connectivity index (χ1v) is 9.75. The third kappa shape index (κ3) is 5.39. The van der Waals surface area contributed by atoms with Crippen LogP contribution in [0.1, 0.15) is 30.4 Å². The minimum absolute atomic E-state index is 0.0753. The van der Waals surface area contributed by atoms with Gasteiger partial charge in [-0.1, -0.05) is 29.8 Å². The molecular formula is C20H24F6N2O2. The number of ether oxygens (including phenoxy) is 1. The number of carbonyl (C=O) groups is 1. The summed E-state index contributed by atoms with van der Waals surface area (Å²) in [5.74, 6) is 0. The Morgan fingerprint density at radius 3 is 2.23 bits per heavy atom. The van der Waals surface area contributed by atoms with E-state index in [-0.39, 0.29) is 18.5 Å². The van der Waals surface area contributed by atoms with E-state index < -0.39 is 24.5 Å². The lowest BCUT2D eigenvalue weighted by Crippen LogP contribution is -2.50. The molecule has 168 valence electrons. The summed E-state index contributed by atoms with van der Waals surface area (Å²) in [6, 6.07) is 8.18. The second-order valence-electron chi connectivity index (χ2n) is 8.28. The summed E-state index contributed by atoms with van der Waals surface area (Å²) in [4.78, 5) is 15.2. The van der Waals surface area contributed by atoms with Gasteiger partial charge in [0.25, 0.3) is 6.10 Å². The Balaban J connectivity index is 1.53. The first kappa shape index (κ1) is 22.7. The van der Waals surface area contributed by atoms with Crippen LogP contribution in [-0.2, 0) is 11.3 Å². The van der Waals surface area contributed by atoms with Crippen LogP contribution in [0.25, 0.3) is 0 Å². The molecule has 2 aliphatic rings. The van der Waals surface area contributed by atoms with Crippen molar-refractivity contribution in [3.05, 3.63) is 35.4 Å². The molecule has 0 aromatic heterocycles. The van der Waals surface area contributed by atoms with E-state index in [9.17, 15) is 31.1 Å². The number of likely N-dealkylation sites (tertiary alicyclic amines) is 2. The number of aryl methyl sites for hydroxylation is 1. The predicted octanol–water partition coefficient (Wildman–Crippen LogP) is 4.91. The third-order valence-electron chi connectivity index (χ3n) is 5.90. The molecule has 2 aliphatic heterocycles. The molecule has 30 heavy (non-hydrogen) atoms. The zero-order valence-electron chi connectivity index (χ0n) is 16.5. The number of halogens is 6. The highest BCUT2D eigenvalue weighted by Gasteiger charge is 2.60. The molecule has 1 amide bonds. The van der Waals surface area contributed by atoms with Gasteiger partial charge in [-0.2, -0.15) is 26.3 Å². The van der Waals surface area contributed by atoms with Gasteiger partial charge in [0.2, 0.25) is 0 Å². The molecule has 0 saturated carbocycles. The summed E-state index contributed by atoms with van der Waals surface area (Å²) in [7, 11) is 0. The molecule has 2 saturated heterocycles. The van der Waals surface area contributed by atoms with Crippen molar-refractivity contribution in [2.75, 3.05) is 26.2 Å². The van der Waals surface area contributed by atoms with Crippen molar-refractivity contribution >= 4 is 6.09 Å². The number of carbonyl (C=O) groups excluding carboxylic acids is 1. The third-order valence-corrected chi connectivity index (χ3v) is 5.90. The summed E-state index contributed by atoms with van der Waals surface area (Å²) in [5, 5.41) is 0. The molecular weight excluding hydrogens is 414 g/mol. The van der Waals surface area contributed by atoms with Crippen LogP contribution in [0.3, 0.4) is 0 Å². The van der Waals surface area contributed by atoms with E-state index in [4.69, 9.17) is 0 Å². The van der Waals surface area contributed by atoms with Crippen LogP contribution in [0.15, 0.2) is 24.3 Å². The van der Waals surface area contributed by atoms with Gasteiger partial charge in [-0.05, 0) is 43.7 Å². The summed E-state index contributed by atoms with van der Waals surface area (Å²) >= 11 is 0. The lowest BCUT2D eigenvalue weighted by Gasteiger charge is -2.39. The van der Waals surface area contributed by atoms with E-state index >= 15 is 0 Å². The second-order valence-corrected chi connectivity index (χ2v) is 8.28. The van der Waals surface area contributed by atoms with E-state index in [2.05, 4.69) is 15.7 Å². The highest BCUT2D eigenvalue weighted by atomic mass is 19.4. The number of amides is 1. The van der Waals surface area contributed by atoms with Crippen molar-refractivity contribution in [2.45, 2.75) is 51.2 Å². The van der Waals surface area contributed by atoms with Crippen LogP contribution < -0.4 is 0 Å². The van der Waals surface area contributed by atoms with Crippen LogP contribution in [0.5, 0.6) is 0 Å². The largest absolute Gasteiger partial charge is 0.434 e. The van der Waals surface area contributed by atoms with Crippen LogP contribution in [-0.4, -0.2) is 60.5 Å². The van der Waals surface area contributed by atoms with Gasteiger partial charge >= 0.3 is 18.4 Å². The van der Waals surface area contributed by atoms with Crippen molar-refractivity contribution in [1.82, 2.24) is 9.80 Å². The number of hydrogen-bond acceptors (Lipinski definition) is 3. The van der Waals surface area contributed by atoms with Crippen LogP contribution >= 0.6 is 0 Å². The standard InChI is InChI=1S/C20H24F6N2O2/c1-14-3-2-4-15(11-14)12-27-8-5-18(13-27)6-9-28(10-7-18)17(29)30-16(19(21,22)23)20(24,25)26/h2-4,11,16H,5-10,12-13H2,1H3. The summed E-state index contributed by atoms with van der Waals surface area (Å²) in [6.07, 6.45) is -15.2. The highest BCUT2D eigenvalue weighted by molar-refractivity contribution is 5.68. The zero-order valence-corrected chi connectivity index (χ0v) is 16.5. The minimum atomic E-state index is -5.70. The molecule has 1 aromatic rings. The van der Waals surface area contributed by atoms with Crippen LogP contribution in [0.2, 0.25) is 0 Å². The molecule has 2 fully saturated rings. The average Bonchev–Trinajstić information content (AvgIpc) is 3.00. The fourth-order valence-electron chi connectivity index (χ4n) is 4.30. The van der Waals surface area contributed by atoms with Gasteiger partial charge in [0.05, 0.1) is 0 Å². The summed E-state index contributed by atoms with van der Waals surface area (Å²) < 4.78 is 79.5. The Morgan fingerprint density at radius 2 is 1.67 bits per heavy atom. The second kappa shape index (κ2) is 8.28. The van der Waals surface area contributed by atoms with Gasteiger partial charge in [0.15, 0.2) is 0 Å². The molecule has 4 nitrogen and oxygen atoms in total. The number of rotatable bonds is 3. The summed E-state index contributed by atoms with van der Waals surface area (Å²) in [6.45, 7) is 4.62. The van der Waals surface area contributed by atoms with Crippen molar-refractivity contribution in [2.24, 2.45) is 5.41 Å². The smallest absolute Gasteiger partial charge is 0.426 e. The molecule has 0 atom stereocenters. The topological polar surface area (TPSA) is 32.8 Å². The SMILES string of the molecule is Cc1cccc(CN2CCC3(CCN(C(=O)OC(C(F)(F)F)C(F)(F)F)CC3)C2)c1. The van der Waals surface area contributed by atoms with Gasteiger partial charge in [-0.15, -0.1) is 0 Å². The normalized spacial score (nSPS) is 20.2. The monoisotopic (exact) mass is 438 g/mol. The Bertz CT molecular complexity index is 742. The molecule has 1 spiro atoms. The molecule has 0 aliphatic carbocycles. The maximum absolute atomic E-state index is 12.6. The molecule has 2 heterocycles. The first-order valence-electron chi connectivity index (χ1n) is 9.75. The zero-order chi connectivity index (χ0) is 22.2. The molecule has 0 N–H and O–H groups in total. The predicted molar refractivity (Wildman–Crippen MR) is 96.7 cm³/mol. The summed E-state index contributed by atoms with van der Waals surface area (Å²) in [5.41, 5.74) is 2.29. The highest BCUT2D eigenvalue weighted by Crippen LogP contribution is 2.41. The van der Waals surface area contributed by atoms with Crippen LogP contribution in [0.4, 0.5) is 31.1 Å².